The first-order chi connectivity index (χ1) is 17.4. The summed E-state index contributed by atoms with van der Waals surface area (Å²) in [5, 5.41) is 19.7. The van der Waals surface area contributed by atoms with Crippen molar-refractivity contribution in [3.05, 3.63) is 53.5 Å². The summed E-state index contributed by atoms with van der Waals surface area (Å²) in [6.45, 7) is 12.1. The predicted molar refractivity (Wildman–Crippen MR) is 142 cm³/mol. The van der Waals surface area contributed by atoms with Crippen molar-refractivity contribution >= 4 is 40.2 Å². The second kappa shape index (κ2) is 11.7. The summed E-state index contributed by atoms with van der Waals surface area (Å²) in [7, 11) is 0. The Kier molecular flexibility index (Phi) is 8.25. The van der Waals surface area contributed by atoms with Crippen molar-refractivity contribution < 1.29 is 4.74 Å². The molecule has 3 aromatic rings. The summed E-state index contributed by atoms with van der Waals surface area (Å²) in [5.41, 5.74) is 3.68. The highest BCUT2D eigenvalue weighted by Gasteiger charge is 2.20. The van der Waals surface area contributed by atoms with E-state index in [2.05, 4.69) is 52.9 Å². The van der Waals surface area contributed by atoms with Gasteiger partial charge in [0.1, 0.15) is 18.2 Å². The number of H-pyrrole nitrogens is 2. The summed E-state index contributed by atoms with van der Waals surface area (Å²) in [6, 6.07) is 8.24. The van der Waals surface area contributed by atoms with Crippen molar-refractivity contribution in [2.75, 3.05) is 49.5 Å². The summed E-state index contributed by atoms with van der Waals surface area (Å²) in [6.07, 6.45) is 4.33. The summed E-state index contributed by atoms with van der Waals surface area (Å²) in [5.74, 6) is 2.04. The molecule has 4 heterocycles. The Balaban J connectivity index is 1.47. The molecule has 36 heavy (non-hydrogen) atoms. The number of hydrogen-bond donors (Lipinski definition) is 3. The quantitative estimate of drug-likeness (QED) is 0.373. The van der Waals surface area contributed by atoms with Crippen molar-refractivity contribution in [2.24, 2.45) is 0 Å². The van der Waals surface area contributed by atoms with E-state index in [-0.39, 0.29) is 12.6 Å². The fraction of sp³-hybridized carbons (Fsp3) is 0.360. The number of halogens is 1. The number of piperazine rings is 1. The minimum Gasteiger partial charge on any atom is -0.459 e. The first kappa shape index (κ1) is 25.3. The third kappa shape index (κ3) is 6.65. The van der Waals surface area contributed by atoms with Gasteiger partial charge >= 0.3 is 6.01 Å². The molecule has 0 spiro atoms. The first-order valence-electron chi connectivity index (χ1n) is 11.8. The largest absolute Gasteiger partial charge is 0.459 e. The van der Waals surface area contributed by atoms with E-state index >= 15 is 0 Å². The van der Waals surface area contributed by atoms with Crippen LogP contribution in [0.25, 0.3) is 11.1 Å². The Morgan fingerprint density at radius 3 is 2.69 bits per heavy atom. The van der Waals surface area contributed by atoms with E-state index in [1.165, 1.54) is 0 Å². The van der Waals surface area contributed by atoms with Crippen molar-refractivity contribution in [1.29, 1.82) is 5.26 Å². The maximum Gasteiger partial charge on any atom is 0.320 e. The average molecular weight is 508 g/mol. The SMILES string of the molecule is C=C(Cl)c1cc(C)[nH]c1/C=C\COc1nc(Nc2cc(C)[nH]n2)cc(N2CCN(CCC#N)CC2)n1. The number of nitrogens with zero attached hydrogens (tertiary/aromatic N) is 6. The van der Waals surface area contributed by atoms with Crippen LogP contribution in [0.1, 0.15) is 29.1 Å². The lowest BCUT2D eigenvalue weighted by Crippen LogP contribution is -2.46. The summed E-state index contributed by atoms with van der Waals surface area (Å²) >= 11 is 6.11. The van der Waals surface area contributed by atoms with E-state index in [0.717, 1.165) is 61.2 Å². The second-order valence-electron chi connectivity index (χ2n) is 8.59. The normalized spacial score (nSPS) is 14.2. The average Bonchev–Trinajstić information content (AvgIpc) is 3.45. The number of aromatic nitrogens is 5. The number of hydrogen-bond acceptors (Lipinski definition) is 8. The van der Waals surface area contributed by atoms with E-state index < -0.39 is 0 Å². The van der Waals surface area contributed by atoms with Gasteiger partial charge in [-0.05, 0) is 32.1 Å². The highest BCUT2D eigenvalue weighted by Crippen LogP contribution is 2.25. The molecule has 0 unspecified atom stereocenters. The Hall–Kier alpha value is -3.81. The fourth-order valence-corrected chi connectivity index (χ4v) is 4.14. The zero-order chi connectivity index (χ0) is 25.5. The van der Waals surface area contributed by atoms with E-state index in [0.29, 0.717) is 23.1 Å². The van der Waals surface area contributed by atoms with Crippen LogP contribution in [0.4, 0.5) is 17.5 Å². The molecule has 0 saturated carbocycles. The van der Waals surface area contributed by atoms with Crippen LogP contribution >= 0.6 is 11.6 Å². The smallest absolute Gasteiger partial charge is 0.320 e. The van der Waals surface area contributed by atoms with Crippen molar-refractivity contribution in [3.63, 3.8) is 0 Å². The van der Waals surface area contributed by atoms with E-state index in [4.69, 9.17) is 21.6 Å². The van der Waals surface area contributed by atoms with Gasteiger partial charge in [0, 0.05) is 79.0 Å². The zero-order valence-electron chi connectivity index (χ0n) is 20.5. The standard InChI is InChI=1S/C25H30ClN9O/c1-17-14-20(19(3)26)21(28-17)6-4-13-36-25-30-22(29-23-15-18(2)32-33-23)16-24(31-25)35-11-9-34(10-12-35)8-5-7-27/h4,6,14-16,28H,3,5,8-13H2,1-2H3,(H2,29,30,31,32,33)/b6-4-. The Bertz CT molecular complexity index is 1260. The zero-order valence-corrected chi connectivity index (χ0v) is 21.3. The topological polar surface area (TPSA) is 122 Å². The van der Waals surface area contributed by atoms with Crippen molar-refractivity contribution in [1.82, 2.24) is 30.0 Å². The van der Waals surface area contributed by atoms with Gasteiger partial charge in [0.05, 0.1) is 6.07 Å². The molecule has 1 saturated heterocycles. The van der Waals surface area contributed by atoms with Crippen LogP contribution in [0.2, 0.25) is 0 Å². The number of rotatable bonds is 10. The first-order valence-corrected chi connectivity index (χ1v) is 12.1. The molecule has 11 heteroatoms. The number of nitriles is 1. The molecule has 1 aliphatic rings. The molecule has 4 rings (SSSR count). The molecule has 0 radical (unpaired) electrons. The maximum absolute atomic E-state index is 8.85. The molecular weight excluding hydrogens is 478 g/mol. The third-order valence-electron chi connectivity index (χ3n) is 5.76. The highest BCUT2D eigenvalue weighted by molar-refractivity contribution is 6.48. The molecule has 0 aliphatic carbocycles. The van der Waals surface area contributed by atoms with E-state index in [1.54, 1.807) is 0 Å². The molecular formula is C25H30ClN9O. The molecule has 3 N–H and O–H groups in total. The van der Waals surface area contributed by atoms with Gasteiger partial charge in [-0.25, -0.2) is 0 Å². The van der Waals surface area contributed by atoms with E-state index in [1.807, 2.05) is 44.2 Å². The lowest BCUT2D eigenvalue weighted by atomic mass is 10.2. The molecule has 188 valence electrons. The predicted octanol–water partition coefficient (Wildman–Crippen LogP) is 4.23. The van der Waals surface area contributed by atoms with Crippen molar-refractivity contribution in [2.45, 2.75) is 20.3 Å². The van der Waals surface area contributed by atoms with Gasteiger partial charge in [-0.1, -0.05) is 18.2 Å². The van der Waals surface area contributed by atoms with Gasteiger partial charge in [0.2, 0.25) is 0 Å². The molecule has 3 aromatic heterocycles. The molecule has 0 atom stereocenters. The number of anilines is 3. The second-order valence-corrected chi connectivity index (χ2v) is 9.05. The maximum atomic E-state index is 8.85. The molecule has 0 bridgehead atoms. The Morgan fingerprint density at radius 2 is 2.00 bits per heavy atom. The number of aryl methyl sites for hydroxylation is 2. The number of ether oxygens (including phenoxy) is 1. The highest BCUT2D eigenvalue weighted by atomic mass is 35.5. The summed E-state index contributed by atoms with van der Waals surface area (Å²) < 4.78 is 5.90. The van der Waals surface area contributed by atoms with Gasteiger partial charge in [0.15, 0.2) is 5.82 Å². The fourth-order valence-electron chi connectivity index (χ4n) is 3.98. The van der Waals surface area contributed by atoms with Gasteiger partial charge in [-0.2, -0.15) is 20.3 Å². The monoisotopic (exact) mass is 507 g/mol. The van der Waals surface area contributed by atoms with Crippen LogP contribution in [-0.2, 0) is 0 Å². The minimum absolute atomic E-state index is 0.267. The molecule has 10 nitrogen and oxygen atoms in total. The summed E-state index contributed by atoms with van der Waals surface area (Å²) in [4.78, 5) is 17.0. The van der Waals surface area contributed by atoms with Gasteiger partial charge in [-0.15, -0.1) is 0 Å². The van der Waals surface area contributed by atoms with E-state index in [9.17, 15) is 0 Å². The Morgan fingerprint density at radius 1 is 1.19 bits per heavy atom. The van der Waals surface area contributed by atoms with Gasteiger partial charge in [-0.3, -0.25) is 10.00 Å². The van der Waals surface area contributed by atoms with Crippen LogP contribution in [0, 0.1) is 25.2 Å². The van der Waals surface area contributed by atoms with Crippen LogP contribution in [0.15, 0.2) is 30.9 Å². The third-order valence-corrected chi connectivity index (χ3v) is 5.96. The van der Waals surface area contributed by atoms with Crippen LogP contribution < -0.4 is 15.0 Å². The molecule has 0 aromatic carbocycles. The Labute approximate surface area is 215 Å². The van der Waals surface area contributed by atoms with Crippen molar-refractivity contribution in [3.8, 4) is 12.1 Å². The lowest BCUT2D eigenvalue weighted by molar-refractivity contribution is 0.262. The van der Waals surface area contributed by atoms with Gasteiger partial charge in [0.25, 0.3) is 0 Å². The van der Waals surface area contributed by atoms with Gasteiger partial charge < -0.3 is 19.9 Å². The molecule has 0 amide bonds. The number of nitrogens with one attached hydrogen (secondary N) is 3. The molecule has 1 aliphatic heterocycles. The van der Waals surface area contributed by atoms with Crippen LogP contribution in [-0.4, -0.2) is 69.4 Å². The minimum atomic E-state index is 0.267. The molecule has 1 fully saturated rings. The van der Waals surface area contributed by atoms with Crippen LogP contribution in [0.3, 0.4) is 0 Å². The number of aromatic amines is 2. The lowest BCUT2D eigenvalue weighted by Gasteiger charge is -2.35. The van der Waals surface area contributed by atoms with Crippen LogP contribution in [0.5, 0.6) is 6.01 Å².